The molecule has 2 rings (SSSR count). The Morgan fingerprint density at radius 3 is 1.34 bits per heavy atom. The lowest BCUT2D eigenvalue weighted by Gasteiger charge is -2.13. The lowest BCUT2D eigenvalue weighted by Crippen LogP contribution is -2.37. The van der Waals surface area contributed by atoms with Crippen LogP contribution >= 0.6 is 22.7 Å². The molecule has 1 unspecified atom stereocenters. The molecule has 0 radical (unpaired) electrons. The summed E-state index contributed by atoms with van der Waals surface area (Å²) in [4.78, 5) is 79.1. The van der Waals surface area contributed by atoms with E-state index in [1.807, 2.05) is 6.92 Å². The van der Waals surface area contributed by atoms with Gasteiger partial charge in [-0.25, -0.2) is 5.48 Å². The zero-order valence-corrected chi connectivity index (χ0v) is 35.0. The topological polar surface area (TPSA) is 222 Å². The highest BCUT2D eigenvalue weighted by atomic mass is 32.7. The van der Waals surface area contributed by atoms with Crippen molar-refractivity contribution in [3.63, 3.8) is 0 Å². The number of nitrogens with two attached hydrogens (primary N) is 1. The second kappa shape index (κ2) is 49.9. The highest BCUT2D eigenvalue weighted by Crippen LogP contribution is 2.10. The molecule has 1 atom stereocenters. The van der Waals surface area contributed by atoms with Crippen LogP contribution in [0.25, 0.3) is 0 Å². The van der Waals surface area contributed by atoms with E-state index in [0.29, 0.717) is 32.8 Å². The number of carbonyl (C=O) groups excluding carboxylic acids is 6. The van der Waals surface area contributed by atoms with Crippen molar-refractivity contribution in [1.29, 1.82) is 0 Å². The van der Waals surface area contributed by atoms with E-state index in [0.717, 1.165) is 32.5 Å². The Kier molecular flexibility index (Phi) is 59.3. The van der Waals surface area contributed by atoms with Gasteiger partial charge < -0.3 is 26.3 Å². The molecule has 53 heavy (non-hydrogen) atoms. The van der Waals surface area contributed by atoms with Crippen molar-refractivity contribution in [2.45, 2.75) is 75.2 Å². The van der Waals surface area contributed by atoms with Gasteiger partial charge in [0.15, 0.2) is 0 Å². The number of hydrogen-bond acceptors (Lipinski definition) is 14. The Bertz CT molecular complexity index is 935. The molecule has 7 N–H and O–H groups in total. The van der Waals surface area contributed by atoms with Crippen molar-refractivity contribution in [2.75, 3.05) is 72.0 Å². The monoisotopic (exact) mass is 849 g/mol. The maximum absolute atomic E-state index is 11.4. The number of carbonyl (C=O) groups is 6. The van der Waals surface area contributed by atoms with E-state index in [-0.39, 0.29) is 89.6 Å². The lowest BCUT2D eigenvalue weighted by molar-refractivity contribution is -0.139. The van der Waals surface area contributed by atoms with Crippen molar-refractivity contribution in [3.05, 3.63) is 24.3 Å². The van der Waals surface area contributed by atoms with E-state index >= 15 is 0 Å². The van der Waals surface area contributed by atoms with Gasteiger partial charge in [0, 0.05) is 97.1 Å². The molecular formula is C32H66N7O9P3S2. The normalized spacial score (nSPS) is 12.2. The zero-order chi connectivity index (χ0) is 39.7. The summed E-state index contributed by atoms with van der Waals surface area (Å²) in [5, 5.41) is 12.8. The SMILES string of the molecule is C.C.CCC.CCCPC.CCO.CCONCCNC(=O)CCN1C(=O)C=CC1=O.NCONCCNC(=O)CCN1C(=O)C=CC1=O.S=PP=S. The van der Waals surface area contributed by atoms with Gasteiger partial charge in [-0.05, 0) is 50.3 Å². The molecule has 0 aromatic carbocycles. The molecule has 21 heteroatoms. The second-order valence-corrected chi connectivity index (χ2v) is 14.8. The van der Waals surface area contributed by atoms with E-state index in [1.54, 1.807) is 6.92 Å². The van der Waals surface area contributed by atoms with Crippen LogP contribution in [-0.4, -0.2) is 122 Å². The van der Waals surface area contributed by atoms with Crippen molar-refractivity contribution < 1.29 is 43.5 Å². The molecule has 0 aromatic rings. The van der Waals surface area contributed by atoms with Gasteiger partial charge in [0.2, 0.25) is 11.8 Å². The second-order valence-electron chi connectivity index (χ2n) is 9.35. The number of nitrogens with zero attached hydrogens (tertiary/aromatic N) is 2. The van der Waals surface area contributed by atoms with Crippen molar-refractivity contribution >= 4 is 81.7 Å². The number of aliphatic hydroxyl groups excluding tert-OH is 1. The number of hydroxylamine groups is 2. The van der Waals surface area contributed by atoms with E-state index in [1.165, 1.54) is 43.3 Å². The van der Waals surface area contributed by atoms with Gasteiger partial charge in [0.1, 0.15) is 6.73 Å². The summed E-state index contributed by atoms with van der Waals surface area (Å²) in [5.74, 6) is -1.95. The number of amides is 6. The summed E-state index contributed by atoms with van der Waals surface area (Å²) < 4.78 is 0. The van der Waals surface area contributed by atoms with E-state index < -0.39 is 0 Å². The largest absolute Gasteiger partial charge is 0.397 e. The molecule has 2 aliphatic heterocycles. The summed E-state index contributed by atoms with van der Waals surface area (Å²) in [5.41, 5.74) is 10.3. The molecule has 0 aromatic heterocycles. The molecular weight excluding hydrogens is 783 g/mol. The summed E-state index contributed by atoms with van der Waals surface area (Å²) >= 11 is 8.82. The average molecular weight is 850 g/mol. The van der Waals surface area contributed by atoms with Crippen molar-refractivity contribution in [1.82, 2.24) is 31.4 Å². The number of nitrogens with one attached hydrogen (secondary N) is 4. The maximum Gasteiger partial charge on any atom is 0.253 e. The third-order valence-corrected chi connectivity index (χ3v) is 8.66. The van der Waals surface area contributed by atoms with Crippen LogP contribution in [0.1, 0.15) is 75.2 Å². The molecule has 6 amide bonds. The third kappa shape index (κ3) is 44.2. The molecule has 16 nitrogen and oxygen atoms in total. The molecule has 0 saturated carbocycles. The van der Waals surface area contributed by atoms with Crippen LogP contribution in [0.3, 0.4) is 0 Å². The molecule has 0 bridgehead atoms. The Labute approximate surface area is 332 Å². The molecule has 2 aliphatic rings. The average Bonchev–Trinajstić information content (AvgIpc) is 3.61. The summed E-state index contributed by atoms with van der Waals surface area (Å²) in [7, 11) is 2.90. The van der Waals surface area contributed by atoms with E-state index in [4.69, 9.17) is 15.7 Å². The minimum Gasteiger partial charge on any atom is -0.397 e. The zero-order valence-electron chi connectivity index (χ0n) is 30.6. The van der Waals surface area contributed by atoms with Gasteiger partial charge >= 0.3 is 0 Å². The van der Waals surface area contributed by atoms with Gasteiger partial charge in [0.05, 0.1) is 6.61 Å². The Balaban J connectivity index is -0.000000147. The third-order valence-electron chi connectivity index (χ3n) is 4.99. The molecule has 0 fully saturated rings. The number of hydrogen-bond donors (Lipinski definition) is 6. The molecule has 2 heterocycles. The molecule has 0 aliphatic carbocycles. The smallest absolute Gasteiger partial charge is 0.253 e. The van der Waals surface area contributed by atoms with Gasteiger partial charge in [-0.2, -0.15) is 5.48 Å². The fourth-order valence-electron chi connectivity index (χ4n) is 2.97. The Morgan fingerprint density at radius 1 is 0.755 bits per heavy atom. The first-order valence-electron chi connectivity index (χ1n) is 16.4. The predicted molar refractivity (Wildman–Crippen MR) is 225 cm³/mol. The van der Waals surface area contributed by atoms with Gasteiger partial charge in [-0.15, -0.1) is 8.58 Å². The van der Waals surface area contributed by atoms with Crippen LogP contribution in [0, 0.1) is 0 Å². The van der Waals surface area contributed by atoms with Crippen LogP contribution in [0.15, 0.2) is 24.3 Å². The van der Waals surface area contributed by atoms with Crippen molar-refractivity contribution in [2.24, 2.45) is 5.73 Å². The fraction of sp³-hybridized carbons (Fsp3) is 0.688. The summed E-state index contributed by atoms with van der Waals surface area (Å²) in [6.45, 7) is 15.0. The summed E-state index contributed by atoms with van der Waals surface area (Å²) in [6, 6.07) is 0. The first kappa shape index (κ1) is 62.9. The first-order chi connectivity index (χ1) is 24.5. The highest BCUT2D eigenvalue weighted by molar-refractivity contribution is 8.40. The predicted octanol–water partition coefficient (Wildman–Crippen LogP) is 2.92. The number of rotatable bonds is 19. The van der Waals surface area contributed by atoms with Crippen LogP contribution in [0.4, 0.5) is 0 Å². The van der Waals surface area contributed by atoms with E-state index in [2.05, 4.69) is 77.5 Å². The minimum absolute atomic E-state index is 0. The molecule has 0 spiro atoms. The standard InChI is InChI=1S/C11H17N3O4.C10H16N4O4.C4H11P.C3H8.C2H6O.2CH4.P2S2/c1-2-18-13-7-6-12-9(15)5-8-14-10(16)3-4-11(14)17;11-7-18-13-5-4-12-8(15)3-6-14-9(16)1-2-10(14)17;1-3-4-5-2;1-3-2;1-2-3;;;3-1-2-4/h3-4,13H,2,5-8H2,1H3,(H,12,15);1-2,13H,3-7,11H2,(H,12,15);5H,3-4H2,1-2H3;3H2,1-2H3;3H,2H2,1H3;2*1H4;. The minimum atomic E-state index is -0.384. The maximum atomic E-state index is 11.4. The van der Waals surface area contributed by atoms with E-state index in [9.17, 15) is 28.8 Å². The number of aliphatic hydroxyl groups is 1. The Hall–Kier alpha value is -2.07. The van der Waals surface area contributed by atoms with Gasteiger partial charge in [0.25, 0.3) is 23.6 Å². The summed E-state index contributed by atoms with van der Waals surface area (Å²) in [6.07, 6.45) is 8.99. The Morgan fingerprint density at radius 2 is 1.09 bits per heavy atom. The molecule has 310 valence electrons. The quantitative estimate of drug-likeness (QED) is 0.0362. The molecule has 0 saturated heterocycles. The van der Waals surface area contributed by atoms with Crippen LogP contribution < -0.4 is 27.3 Å². The fourth-order valence-corrected chi connectivity index (χ4v) is 3.47. The number of imide groups is 2. The first-order valence-corrected chi connectivity index (χ1v) is 22.6. The highest BCUT2D eigenvalue weighted by Gasteiger charge is 2.24. The van der Waals surface area contributed by atoms with Crippen LogP contribution in [0.2, 0.25) is 0 Å². The van der Waals surface area contributed by atoms with Crippen LogP contribution in [0.5, 0.6) is 0 Å². The van der Waals surface area contributed by atoms with Crippen LogP contribution in [-0.2, 0) is 62.1 Å². The van der Waals surface area contributed by atoms with Crippen molar-refractivity contribution in [3.8, 4) is 0 Å². The lowest BCUT2D eigenvalue weighted by atomic mass is 10.3. The van der Waals surface area contributed by atoms with Gasteiger partial charge in [-0.1, -0.05) is 48.5 Å². The van der Waals surface area contributed by atoms with Gasteiger partial charge in [-0.3, -0.25) is 43.4 Å².